The van der Waals surface area contributed by atoms with Crippen LogP contribution in [0.3, 0.4) is 0 Å². The van der Waals surface area contributed by atoms with E-state index >= 15 is 0 Å². The third kappa shape index (κ3) is 5.10. The van der Waals surface area contributed by atoms with E-state index in [4.69, 9.17) is 5.73 Å². The van der Waals surface area contributed by atoms with Gasteiger partial charge in [-0.2, -0.15) is 0 Å². The molecule has 6 heteroatoms. The number of carbonyl (C=O) groups excluding carboxylic acids is 2. The Balaban J connectivity index is 1.83. The molecule has 0 atom stereocenters. The topological polar surface area (TPSA) is 84.2 Å². The number of nitrogens with one attached hydrogen (secondary N) is 2. The van der Waals surface area contributed by atoms with Crippen molar-refractivity contribution in [3.8, 4) is 0 Å². The van der Waals surface area contributed by atoms with Crippen LogP contribution < -0.4 is 16.4 Å². The molecule has 0 saturated carbocycles. The minimum Gasteiger partial charge on any atom is -0.352 e. The molecule has 0 unspecified atom stereocenters. The average Bonchev–Trinajstić information content (AvgIpc) is 2.55. The third-order valence-corrected chi connectivity index (χ3v) is 3.32. The van der Waals surface area contributed by atoms with E-state index < -0.39 is 6.03 Å². The van der Waals surface area contributed by atoms with Crippen LogP contribution in [-0.4, -0.2) is 18.5 Å². The molecule has 0 aromatic heterocycles. The van der Waals surface area contributed by atoms with Gasteiger partial charge in [-0.1, -0.05) is 30.3 Å². The number of carbonyl (C=O) groups is 2. The van der Waals surface area contributed by atoms with Gasteiger partial charge in [-0.25, -0.2) is 9.18 Å². The Kier molecular flexibility index (Phi) is 5.68. The predicted octanol–water partition coefficient (Wildman–Crippen LogP) is 1.97. The third-order valence-electron chi connectivity index (χ3n) is 3.32. The first-order chi connectivity index (χ1) is 11.1. The van der Waals surface area contributed by atoms with Crippen LogP contribution >= 0.6 is 0 Å². The molecule has 2 aromatic rings. The fourth-order valence-electron chi connectivity index (χ4n) is 2.08. The van der Waals surface area contributed by atoms with Crippen molar-refractivity contribution in [2.24, 2.45) is 5.73 Å². The summed E-state index contributed by atoms with van der Waals surface area (Å²) >= 11 is 0. The second-order valence-corrected chi connectivity index (χ2v) is 5.01. The molecule has 0 radical (unpaired) electrons. The number of benzene rings is 2. The van der Waals surface area contributed by atoms with E-state index in [1.165, 1.54) is 6.07 Å². The number of nitrogens with two attached hydrogens (primary N) is 1. The molecule has 5 nitrogen and oxygen atoms in total. The maximum atomic E-state index is 13.5. The molecule has 23 heavy (non-hydrogen) atoms. The number of hydrogen-bond donors (Lipinski definition) is 3. The molecular formula is C17H18FN3O2. The zero-order valence-electron chi connectivity index (χ0n) is 12.5. The highest BCUT2D eigenvalue weighted by atomic mass is 19.1. The van der Waals surface area contributed by atoms with E-state index in [1.54, 1.807) is 42.5 Å². The van der Waals surface area contributed by atoms with E-state index in [0.717, 1.165) is 5.56 Å². The van der Waals surface area contributed by atoms with Gasteiger partial charge in [0.2, 0.25) is 0 Å². The molecule has 0 heterocycles. The molecule has 2 rings (SSSR count). The summed E-state index contributed by atoms with van der Waals surface area (Å²) in [5, 5.41) is 5.22. The van der Waals surface area contributed by atoms with Gasteiger partial charge in [0.25, 0.3) is 5.91 Å². The lowest BCUT2D eigenvalue weighted by Crippen LogP contribution is -2.28. The molecular weight excluding hydrogens is 297 g/mol. The zero-order valence-corrected chi connectivity index (χ0v) is 12.5. The van der Waals surface area contributed by atoms with Crippen LogP contribution in [0.4, 0.5) is 9.18 Å². The first kappa shape index (κ1) is 16.5. The zero-order chi connectivity index (χ0) is 16.7. The maximum Gasteiger partial charge on any atom is 0.312 e. The first-order valence-corrected chi connectivity index (χ1v) is 7.20. The van der Waals surface area contributed by atoms with Crippen molar-refractivity contribution < 1.29 is 14.0 Å². The molecule has 3 amide bonds. The highest BCUT2D eigenvalue weighted by Crippen LogP contribution is 2.07. The quantitative estimate of drug-likeness (QED) is 0.761. The van der Waals surface area contributed by atoms with Gasteiger partial charge in [0.05, 0.1) is 0 Å². The van der Waals surface area contributed by atoms with E-state index in [9.17, 15) is 14.0 Å². The highest BCUT2D eigenvalue weighted by Gasteiger charge is 2.06. The van der Waals surface area contributed by atoms with Gasteiger partial charge in [0, 0.05) is 18.7 Å². The molecule has 0 bridgehead atoms. The number of amides is 3. The average molecular weight is 315 g/mol. The fraction of sp³-hybridized carbons (Fsp3) is 0.176. The SMILES string of the molecule is NC(=O)NCc1ccc(C(=O)NCCc2ccccc2F)cc1. The summed E-state index contributed by atoms with van der Waals surface area (Å²) in [7, 11) is 0. The van der Waals surface area contributed by atoms with Gasteiger partial charge >= 0.3 is 6.03 Å². The predicted molar refractivity (Wildman–Crippen MR) is 85.3 cm³/mol. The number of primary amides is 1. The summed E-state index contributed by atoms with van der Waals surface area (Å²) in [5.41, 5.74) is 6.90. The molecule has 0 fully saturated rings. The van der Waals surface area contributed by atoms with Gasteiger partial charge < -0.3 is 16.4 Å². The van der Waals surface area contributed by atoms with Gasteiger partial charge in [-0.05, 0) is 35.7 Å². The molecule has 0 saturated heterocycles. The highest BCUT2D eigenvalue weighted by molar-refractivity contribution is 5.94. The standard InChI is InChI=1S/C17H18FN3O2/c18-15-4-2-1-3-13(15)9-10-20-16(22)14-7-5-12(6-8-14)11-21-17(19)23/h1-8H,9-11H2,(H,20,22)(H3,19,21,23). The van der Waals surface area contributed by atoms with Crippen molar-refractivity contribution >= 4 is 11.9 Å². The molecule has 0 aliphatic carbocycles. The second kappa shape index (κ2) is 7.93. The van der Waals surface area contributed by atoms with E-state index in [2.05, 4.69) is 10.6 Å². The number of hydrogen-bond acceptors (Lipinski definition) is 2. The van der Waals surface area contributed by atoms with Crippen molar-refractivity contribution in [1.29, 1.82) is 0 Å². The Morgan fingerprint density at radius 1 is 1.00 bits per heavy atom. The minimum absolute atomic E-state index is 0.226. The summed E-state index contributed by atoms with van der Waals surface area (Å²) in [4.78, 5) is 22.6. The number of halogens is 1. The van der Waals surface area contributed by atoms with Crippen LogP contribution in [-0.2, 0) is 13.0 Å². The van der Waals surface area contributed by atoms with Crippen LogP contribution in [0, 0.1) is 5.82 Å². The summed E-state index contributed by atoms with van der Waals surface area (Å²) in [6.45, 7) is 0.662. The van der Waals surface area contributed by atoms with Crippen LogP contribution in [0.25, 0.3) is 0 Å². The van der Waals surface area contributed by atoms with Crippen molar-refractivity contribution in [2.45, 2.75) is 13.0 Å². The van der Waals surface area contributed by atoms with Crippen molar-refractivity contribution in [3.63, 3.8) is 0 Å². The lowest BCUT2D eigenvalue weighted by molar-refractivity contribution is 0.0954. The Morgan fingerprint density at radius 2 is 1.70 bits per heavy atom. The number of urea groups is 1. The molecule has 120 valence electrons. The summed E-state index contributed by atoms with van der Waals surface area (Å²) < 4.78 is 13.5. The van der Waals surface area contributed by atoms with Crippen molar-refractivity contribution in [1.82, 2.24) is 10.6 Å². The first-order valence-electron chi connectivity index (χ1n) is 7.20. The van der Waals surface area contributed by atoms with Crippen molar-refractivity contribution in [2.75, 3.05) is 6.54 Å². The van der Waals surface area contributed by atoms with Crippen molar-refractivity contribution in [3.05, 3.63) is 71.0 Å². The van der Waals surface area contributed by atoms with Crippen LogP contribution in [0.5, 0.6) is 0 Å². The molecule has 4 N–H and O–H groups in total. The number of rotatable bonds is 6. The molecule has 0 aliphatic rings. The smallest absolute Gasteiger partial charge is 0.312 e. The Morgan fingerprint density at radius 3 is 2.35 bits per heavy atom. The van der Waals surface area contributed by atoms with Crippen LogP contribution in [0.1, 0.15) is 21.5 Å². The Hall–Kier alpha value is -2.89. The molecule has 0 aliphatic heterocycles. The molecule has 0 spiro atoms. The fourth-order valence-corrected chi connectivity index (χ4v) is 2.08. The monoisotopic (exact) mass is 315 g/mol. The summed E-state index contributed by atoms with van der Waals surface area (Å²) in [6.07, 6.45) is 0.430. The lowest BCUT2D eigenvalue weighted by Gasteiger charge is -2.07. The van der Waals surface area contributed by atoms with Crippen LogP contribution in [0.2, 0.25) is 0 Å². The lowest BCUT2D eigenvalue weighted by atomic mass is 10.1. The summed E-state index contributed by atoms with van der Waals surface area (Å²) in [5.74, 6) is -0.496. The largest absolute Gasteiger partial charge is 0.352 e. The van der Waals surface area contributed by atoms with Gasteiger partial charge in [-0.3, -0.25) is 4.79 Å². The summed E-state index contributed by atoms with van der Waals surface area (Å²) in [6, 6.07) is 12.7. The van der Waals surface area contributed by atoms with Gasteiger partial charge in [0.15, 0.2) is 0 Å². The van der Waals surface area contributed by atoms with Gasteiger partial charge in [0.1, 0.15) is 5.82 Å². The van der Waals surface area contributed by atoms with E-state index in [0.29, 0.717) is 30.6 Å². The Bertz CT molecular complexity index is 686. The maximum absolute atomic E-state index is 13.5. The van der Waals surface area contributed by atoms with Gasteiger partial charge in [-0.15, -0.1) is 0 Å². The van der Waals surface area contributed by atoms with Crippen LogP contribution in [0.15, 0.2) is 48.5 Å². The van der Waals surface area contributed by atoms with E-state index in [1.807, 2.05) is 0 Å². The van der Waals surface area contributed by atoms with E-state index in [-0.39, 0.29) is 11.7 Å². The Labute approximate surface area is 133 Å². The minimum atomic E-state index is -0.597. The molecule has 2 aromatic carbocycles. The normalized spacial score (nSPS) is 10.1. The second-order valence-electron chi connectivity index (χ2n) is 5.01.